The highest BCUT2D eigenvalue weighted by atomic mass is 35.5. The number of hydrogen-bond donors (Lipinski definition) is 1. The normalized spacial score (nSPS) is 17.7. The number of esters is 1. The summed E-state index contributed by atoms with van der Waals surface area (Å²) < 4.78 is 43.3. The van der Waals surface area contributed by atoms with Crippen molar-refractivity contribution in [1.82, 2.24) is 5.32 Å². The maximum atomic E-state index is 12.8. The number of alkyl halides is 3. The lowest BCUT2D eigenvalue weighted by Crippen LogP contribution is -2.46. The molecule has 0 saturated carbocycles. The van der Waals surface area contributed by atoms with E-state index in [-0.39, 0.29) is 12.4 Å². The fourth-order valence-electron chi connectivity index (χ4n) is 2.65. The molecule has 0 aliphatic carbocycles. The van der Waals surface area contributed by atoms with Crippen molar-refractivity contribution in [2.75, 3.05) is 20.2 Å². The zero-order valence-corrected chi connectivity index (χ0v) is 12.3. The van der Waals surface area contributed by atoms with Crippen LogP contribution in [0.1, 0.15) is 24.0 Å². The monoisotopic (exact) mass is 323 g/mol. The molecule has 3 nitrogen and oxygen atoms in total. The highest BCUT2D eigenvalue weighted by Crippen LogP contribution is 2.38. The number of rotatable bonds is 2. The molecule has 1 aromatic carbocycles. The van der Waals surface area contributed by atoms with Gasteiger partial charge in [0.25, 0.3) is 0 Å². The van der Waals surface area contributed by atoms with Gasteiger partial charge in [-0.3, -0.25) is 4.79 Å². The van der Waals surface area contributed by atoms with Crippen molar-refractivity contribution in [1.29, 1.82) is 0 Å². The van der Waals surface area contributed by atoms with Crippen molar-refractivity contribution in [3.63, 3.8) is 0 Å². The molecule has 118 valence electrons. The molecular formula is C14H17ClF3NO2. The molecule has 0 atom stereocenters. The predicted molar refractivity (Wildman–Crippen MR) is 74.5 cm³/mol. The predicted octanol–water partition coefficient (Wildman–Crippen LogP) is 2.92. The molecule has 1 aliphatic rings. The second-order valence-electron chi connectivity index (χ2n) is 4.90. The Labute approximate surface area is 127 Å². The van der Waals surface area contributed by atoms with E-state index in [2.05, 4.69) is 5.32 Å². The van der Waals surface area contributed by atoms with Gasteiger partial charge in [0.1, 0.15) is 0 Å². The van der Waals surface area contributed by atoms with Crippen LogP contribution in [0.3, 0.4) is 0 Å². The van der Waals surface area contributed by atoms with Crippen LogP contribution in [0, 0.1) is 0 Å². The molecule has 1 saturated heterocycles. The number of carbonyl (C=O) groups excluding carboxylic acids is 1. The second kappa shape index (κ2) is 6.66. The largest absolute Gasteiger partial charge is 0.468 e. The van der Waals surface area contributed by atoms with Gasteiger partial charge in [0.15, 0.2) is 0 Å². The molecule has 2 rings (SSSR count). The lowest BCUT2D eigenvalue weighted by molar-refractivity contribution is -0.149. The molecule has 1 N–H and O–H groups in total. The van der Waals surface area contributed by atoms with E-state index in [1.54, 1.807) is 6.07 Å². The maximum absolute atomic E-state index is 12.8. The van der Waals surface area contributed by atoms with Gasteiger partial charge in [0.05, 0.1) is 18.1 Å². The first-order valence-corrected chi connectivity index (χ1v) is 6.37. The van der Waals surface area contributed by atoms with Crippen LogP contribution in [0.15, 0.2) is 24.3 Å². The number of ether oxygens (including phenoxy) is 1. The van der Waals surface area contributed by atoms with Gasteiger partial charge in [0, 0.05) is 0 Å². The number of nitrogens with one attached hydrogen (secondary N) is 1. The quantitative estimate of drug-likeness (QED) is 0.851. The van der Waals surface area contributed by atoms with E-state index < -0.39 is 23.1 Å². The first kappa shape index (κ1) is 17.8. The molecule has 7 heteroatoms. The van der Waals surface area contributed by atoms with Crippen LogP contribution in [-0.4, -0.2) is 26.2 Å². The summed E-state index contributed by atoms with van der Waals surface area (Å²) in [6.07, 6.45) is -3.55. The summed E-state index contributed by atoms with van der Waals surface area (Å²) >= 11 is 0. The average molecular weight is 324 g/mol. The first-order chi connectivity index (χ1) is 9.40. The third-order valence-electron chi connectivity index (χ3n) is 3.78. The van der Waals surface area contributed by atoms with Crippen LogP contribution >= 0.6 is 12.4 Å². The zero-order valence-electron chi connectivity index (χ0n) is 11.5. The number of methoxy groups -OCH3 is 1. The van der Waals surface area contributed by atoms with E-state index in [1.807, 2.05) is 0 Å². The van der Waals surface area contributed by atoms with Gasteiger partial charge < -0.3 is 10.1 Å². The van der Waals surface area contributed by atoms with Gasteiger partial charge in [-0.15, -0.1) is 12.4 Å². The maximum Gasteiger partial charge on any atom is 0.416 e. The summed E-state index contributed by atoms with van der Waals surface area (Å²) in [6.45, 7) is 1.15. The first-order valence-electron chi connectivity index (χ1n) is 6.37. The Kier molecular flexibility index (Phi) is 5.64. The number of halogens is 4. The average Bonchev–Trinajstić information content (AvgIpc) is 2.46. The SMILES string of the molecule is COC(=O)C1(c2cccc(C(F)(F)F)c2)CCNCC1.Cl. The van der Waals surface area contributed by atoms with Crippen LogP contribution in [0.2, 0.25) is 0 Å². The number of benzene rings is 1. The summed E-state index contributed by atoms with van der Waals surface area (Å²) in [4.78, 5) is 12.1. The fraction of sp³-hybridized carbons (Fsp3) is 0.500. The third kappa shape index (κ3) is 3.49. The van der Waals surface area contributed by atoms with Crippen LogP contribution < -0.4 is 5.32 Å². The molecule has 0 unspecified atom stereocenters. The molecule has 0 radical (unpaired) electrons. The lowest BCUT2D eigenvalue weighted by atomic mass is 9.73. The molecule has 0 bridgehead atoms. The second-order valence-corrected chi connectivity index (χ2v) is 4.90. The topological polar surface area (TPSA) is 38.3 Å². The highest BCUT2D eigenvalue weighted by molar-refractivity contribution is 5.85. The summed E-state index contributed by atoms with van der Waals surface area (Å²) in [5.41, 5.74) is -1.35. The number of hydrogen-bond acceptors (Lipinski definition) is 3. The molecular weight excluding hydrogens is 307 g/mol. The fourth-order valence-corrected chi connectivity index (χ4v) is 2.65. The minimum absolute atomic E-state index is 0. The van der Waals surface area contributed by atoms with Crippen LogP contribution in [-0.2, 0) is 21.1 Å². The minimum atomic E-state index is -4.42. The Bertz CT molecular complexity index is 499. The smallest absolute Gasteiger partial charge is 0.416 e. The van der Waals surface area contributed by atoms with E-state index in [0.29, 0.717) is 31.5 Å². The molecule has 1 fully saturated rings. The van der Waals surface area contributed by atoms with Gasteiger partial charge >= 0.3 is 12.1 Å². The molecule has 0 amide bonds. The Balaban J connectivity index is 0.00000220. The van der Waals surface area contributed by atoms with E-state index in [9.17, 15) is 18.0 Å². The van der Waals surface area contributed by atoms with Crippen molar-refractivity contribution in [3.05, 3.63) is 35.4 Å². The third-order valence-corrected chi connectivity index (χ3v) is 3.78. The Morgan fingerprint density at radius 3 is 2.43 bits per heavy atom. The van der Waals surface area contributed by atoms with Crippen molar-refractivity contribution >= 4 is 18.4 Å². The van der Waals surface area contributed by atoms with Crippen molar-refractivity contribution < 1.29 is 22.7 Å². The summed E-state index contributed by atoms with van der Waals surface area (Å²) in [5.74, 6) is -0.474. The molecule has 1 heterocycles. The molecule has 0 aromatic heterocycles. The minimum Gasteiger partial charge on any atom is -0.468 e. The van der Waals surface area contributed by atoms with Crippen LogP contribution in [0.5, 0.6) is 0 Å². The van der Waals surface area contributed by atoms with E-state index in [0.717, 1.165) is 12.1 Å². The van der Waals surface area contributed by atoms with E-state index >= 15 is 0 Å². The van der Waals surface area contributed by atoms with Crippen molar-refractivity contribution in [3.8, 4) is 0 Å². The van der Waals surface area contributed by atoms with E-state index in [1.165, 1.54) is 13.2 Å². The van der Waals surface area contributed by atoms with Crippen molar-refractivity contribution in [2.45, 2.75) is 24.4 Å². The molecule has 0 spiro atoms. The standard InChI is InChI=1S/C14H16F3NO2.ClH/c1-20-12(19)13(5-7-18-8-6-13)10-3-2-4-11(9-10)14(15,16)17;/h2-4,9,18H,5-8H2,1H3;1H. The molecule has 21 heavy (non-hydrogen) atoms. The Morgan fingerprint density at radius 2 is 1.90 bits per heavy atom. The van der Waals surface area contributed by atoms with Crippen LogP contribution in [0.4, 0.5) is 13.2 Å². The summed E-state index contributed by atoms with van der Waals surface area (Å²) in [7, 11) is 1.26. The van der Waals surface area contributed by atoms with E-state index in [4.69, 9.17) is 4.74 Å². The summed E-state index contributed by atoms with van der Waals surface area (Å²) in [6, 6.07) is 4.97. The highest BCUT2D eigenvalue weighted by Gasteiger charge is 2.43. The van der Waals surface area contributed by atoms with Gasteiger partial charge in [-0.05, 0) is 37.6 Å². The Hall–Kier alpha value is -1.27. The van der Waals surface area contributed by atoms with Crippen LogP contribution in [0.25, 0.3) is 0 Å². The number of carbonyl (C=O) groups is 1. The molecule has 1 aromatic rings. The van der Waals surface area contributed by atoms with Crippen molar-refractivity contribution in [2.24, 2.45) is 0 Å². The zero-order chi connectivity index (χ0) is 14.8. The lowest BCUT2D eigenvalue weighted by Gasteiger charge is -2.35. The number of piperidine rings is 1. The van der Waals surface area contributed by atoms with Gasteiger partial charge in [-0.2, -0.15) is 13.2 Å². The molecule has 1 aliphatic heterocycles. The summed E-state index contributed by atoms with van der Waals surface area (Å²) in [5, 5.41) is 3.10. The Morgan fingerprint density at radius 1 is 1.29 bits per heavy atom. The van der Waals surface area contributed by atoms with Gasteiger partial charge in [0.2, 0.25) is 0 Å². The van der Waals surface area contributed by atoms with Gasteiger partial charge in [-0.25, -0.2) is 0 Å². The van der Waals surface area contributed by atoms with Gasteiger partial charge in [-0.1, -0.05) is 18.2 Å².